The van der Waals surface area contributed by atoms with Crippen molar-refractivity contribution in [3.05, 3.63) is 59.4 Å². The molecule has 116 valence electrons. The molecule has 0 bridgehead atoms. The minimum atomic E-state index is -0.317. The first kappa shape index (κ1) is 15.8. The monoisotopic (exact) mass is 303 g/mol. The number of phenols is 1. The first-order valence-corrected chi connectivity index (χ1v) is 7.03. The smallest absolute Gasteiger partial charge is 0.255 e. The molecule has 0 spiro atoms. The van der Waals surface area contributed by atoms with E-state index in [0.29, 0.717) is 30.9 Å². The molecule has 0 aliphatic rings. The Balaban J connectivity index is 1.73. The van der Waals surface area contributed by atoms with Crippen molar-refractivity contribution in [1.82, 2.24) is 5.32 Å². The van der Waals surface area contributed by atoms with Crippen LogP contribution in [0.3, 0.4) is 0 Å². The van der Waals surface area contributed by atoms with Gasteiger partial charge in [-0.15, -0.1) is 0 Å². The minimum absolute atomic E-state index is 0.00237. The van der Waals surface area contributed by atoms with Gasteiger partial charge in [0.2, 0.25) is 0 Å². The van der Waals surface area contributed by atoms with Gasteiger partial charge in [-0.3, -0.25) is 4.79 Å². The summed E-state index contributed by atoms with van der Waals surface area (Å²) >= 11 is 0. The lowest BCUT2D eigenvalue weighted by atomic mass is 10.1. The molecule has 2 N–H and O–H groups in total. The molecule has 0 aliphatic carbocycles. The molecule has 1 amide bonds. The second-order valence-corrected chi connectivity index (χ2v) is 4.88. The second-order valence-electron chi connectivity index (χ2n) is 4.88. The molecule has 2 aromatic rings. The Morgan fingerprint density at radius 1 is 1.23 bits per heavy atom. The summed E-state index contributed by atoms with van der Waals surface area (Å²) in [5, 5.41) is 12.5. The van der Waals surface area contributed by atoms with Gasteiger partial charge in [-0.1, -0.05) is 12.1 Å². The zero-order valence-electron chi connectivity index (χ0n) is 12.3. The fourth-order valence-electron chi connectivity index (χ4n) is 1.93. The van der Waals surface area contributed by atoms with Gasteiger partial charge in [-0.25, -0.2) is 4.39 Å². The number of nitrogens with one attached hydrogen (secondary N) is 1. The van der Waals surface area contributed by atoms with Gasteiger partial charge < -0.3 is 15.2 Å². The van der Waals surface area contributed by atoms with Crippen LogP contribution >= 0.6 is 0 Å². The normalized spacial score (nSPS) is 10.3. The molecule has 5 heteroatoms. The number of carbonyl (C=O) groups is 1. The number of phenolic OH excluding ortho intramolecular Hbond substituents is 1. The van der Waals surface area contributed by atoms with Crippen LogP contribution in [0, 0.1) is 12.7 Å². The SMILES string of the molecule is Cc1cccc(C(=O)NCCCOc2ccc(F)cc2)c1O. The molecule has 0 heterocycles. The lowest BCUT2D eigenvalue weighted by Gasteiger charge is -2.09. The fraction of sp³-hybridized carbons (Fsp3) is 0.235. The maximum Gasteiger partial charge on any atom is 0.255 e. The van der Waals surface area contributed by atoms with Crippen LogP contribution in [0.25, 0.3) is 0 Å². The third kappa shape index (κ3) is 4.22. The van der Waals surface area contributed by atoms with Gasteiger partial charge in [0.15, 0.2) is 0 Å². The summed E-state index contributed by atoms with van der Waals surface area (Å²) in [7, 11) is 0. The maximum atomic E-state index is 12.7. The molecule has 22 heavy (non-hydrogen) atoms. The van der Waals surface area contributed by atoms with E-state index in [1.165, 1.54) is 12.1 Å². The van der Waals surface area contributed by atoms with E-state index in [4.69, 9.17) is 4.74 Å². The largest absolute Gasteiger partial charge is 0.507 e. The number of aromatic hydroxyl groups is 1. The molecular formula is C17H18FNO3. The summed E-state index contributed by atoms with van der Waals surface area (Å²) in [4.78, 5) is 11.9. The third-order valence-electron chi connectivity index (χ3n) is 3.17. The molecule has 0 aliphatic heterocycles. The van der Waals surface area contributed by atoms with E-state index in [1.54, 1.807) is 37.3 Å². The molecule has 2 aromatic carbocycles. The molecule has 2 rings (SSSR count). The Labute approximate surface area is 128 Å². The van der Waals surface area contributed by atoms with Crippen molar-refractivity contribution in [1.29, 1.82) is 0 Å². The molecule has 0 atom stereocenters. The lowest BCUT2D eigenvalue weighted by molar-refractivity contribution is 0.0948. The minimum Gasteiger partial charge on any atom is -0.507 e. The highest BCUT2D eigenvalue weighted by atomic mass is 19.1. The standard InChI is InChI=1S/C17H18FNO3/c1-12-4-2-5-15(16(12)20)17(21)19-10-3-11-22-14-8-6-13(18)7-9-14/h2,4-9,20H,3,10-11H2,1H3,(H,19,21). The predicted molar refractivity (Wildman–Crippen MR) is 81.7 cm³/mol. The number of benzene rings is 2. The summed E-state index contributed by atoms with van der Waals surface area (Å²) in [6.07, 6.45) is 0.607. The van der Waals surface area contributed by atoms with E-state index >= 15 is 0 Å². The molecule has 0 saturated carbocycles. The van der Waals surface area contributed by atoms with Crippen molar-refractivity contribution in [2.45, 2.75) is 13.3 Å². The molecule has 0 radical (unpaired) electrons. The highest BCUT2D eigenvalue weighted by molar-refractivity contribution is 5.97. The van der Waals surface area contributed by atoms with E-state index in [0.717, 1.165) is 0 Å². The summed E-state index contributed by atoms with van der Waals surface area (Å²) in [5.41, 5.74) is 0.923. The summed E-state index contributed by atoms with van der Waals surface area (Å²) in [5.74, 6) is -0.0350. The molecule has 0 aromatic heterocycles. The van der Waals surface area contributed by atoms with Crippen LogP contribution < -0.4 is 10.1 Å². The number of aryl methyl sites for hydroxylation is 1. The van der Waals surface area contributed by atoms with Crippen LogP contribution in [-0.4, -0.2) is 24.2 Å². The van der Waals surface area contributed by atoms with Crippen LogP contribution in [0.15, 0.2) is 42.5 Å². The predicted octanol–water partition coefficient (Wildman–Crippen LogP) is 3.04. The van der Waals surface area contributed by atoms with Crippen LogP contribution in [0.5, 0.6) is 11.5 Å². The van der Waals surface area contributed by atoms with Crippen LogP contribution in [0.4, 0.5) is 4.39 Å². The molecular weight excluding hydrogens is 285 g/mol. The van der Waals surface area contributed by atoms with Gasteiger partial charge in [0.25, 0.3) is 5.91 Å². The topological polar surface area (TPSA) is 58.6 Å². The van der Waals surface area contributed by atoms with Crippen molar-refractivity contribution >= 4 is 5.91 Å². The quantitative estimate of drug-likeness (QED) is 0.806. The van der Waals surface area contributed by atoms with E-state index in [1.807, 2.05) is 0 Å². The van der Waals surface area contributed by atoms with Crippen LogP contribution in [0.1, 0.15) is 22.3 Å². The number of halogens is 1. The number of para-hydroxylation sites is 1. The highest BCUT2D eigenvalue weighted by Crippen LogP contribution is 2.21. The Morgan fingerprint density at radius 2 is 1.95 bits per heavy atom. The van der Waals surface area contributed by atoms with Crippen LogP contribution in [-0.2, 0) is 0 Å². The molecule has 0 saturated heterocycles. The zero-order chi connectivity index (χ0) is 15.9. The van der Waals surface area contributed by atoms with Gasteiger partial charge in [-0.2, -0.15) is 0 Å². The number of ether oxygens (including phenoxy) is 1. The summed E-state index contributed by atoms with van der Waals surface area (Å²) in [6, 6.07) is 10.8. The fourth-order valence-corrected chi connectivity index (χ4v) is 1.93. The van der Waals surface area contributed by atoms with Crippen molar-refractivity contribution in [2.75, 3.05) is 13.2 Å². The molecule has 0 fully saturated rings. The highest BCUT2D eigenvalue weighted by Gasteiger charge is 2.11. The second kappa shape index (κ2) is 7.45. The van der Waals surface area contributed by atoms with Gasteiger partial charge >= 0.3 is 0 Å². The Bertz CT molecular complexity index is 641. The van der Waals surface area contributed by atoms with Gasteiger partial charge in [-0.05, 0) is 49.2 Å². The van der Waals surface area contributed by atoms with Gasteiger partial charge in [0.1, 0.15) is 17.3 Å². The van der Waals surface area contributed by atoms with E-state index < -0.39 is 0 Å². The van der Waals surface area contributed by atoms with Crippen molar-refractivity contribution in [3.63, 3.8) is 0 Å². The molecule has 4 nitrogen and oxygen atoms in total. The van der Waals surface area contributed by atoms with Gasteiger partial charge in [0.05, 0.1) is 12.2 Å². The number of rotatable bonds is 6. The Morgan fingerprint density at radius 3 is 2.68 bits per heavy atom. The number of hydrogen-bond donors (Lipinski definition) is 2. The summed E-state index contributed by atoms with van der Waals surface area (Å²) < 4.78 is 18.1. The lowest BCUT2D eigenvalue weighted by Crippen LogP contribution is -2.25. The molecule has 0 unspecified atom stereocenters. The Hall–Kier alpha value is -2.56. The van der Waals surface area contributed by atoms with Crippen molar-refractivity contribution in [2.24, 2.45) is 0 Å². The van der Waals surface area contributed by atoms with E-state index in [9.17, 15) is 14.3 Å². The number of hydrogen-bond acceptors (Lipinski definition) is 3. The van der Waals surface area contributed by atoms with E-state index in [-0.39, 0.29) is 23.0 Å². The zero-order valence-corrected chi connectivity index (χ0v) is 12.3. The van der Waals surface area contributed by atoms with Gasteiger partial charge in [0, 0.05) is 6.54 Å². The van der Waals surface area contributed by atoms with Crippen molar-refractivity contribution in [3.8, 4) is 11.5 Å². The average molecular weight is 303 g/mol. The summed E-state index contributed by atoms with van der Waals surface area (Å²) in [6.45, 7) is 2.57. The van der Waals surface area contributed by atoms with Crippen LogP contribution in [0.2, 0.25) is 0 Å². The number of carbonyl (C=O) groups excluding carboxylic acids is 1. The van der Waals surface area contributed by atoms with E-state index in [2.05, 4.69) is 5.32 Å². The first-order chi connectivity index (χ1) is 10.6. The number of amides is 1. The average Bonchev–Trinajstić information content (AvgIpc) is 2.51. The van der Waals surface area contributed by atoms with Crippen molar-refractivity contribution < 1.29 is 19.0 Å². The third-order valence-corrected chi connectivity index (χ3v) is 3.17. The Kier molecular flexibility index (Phi) is 5.36. The first-order valence-electron chi connectivity index (χ1n) is 7.03. The maximum absolute atomic E-state index is 12.7.